The zero-order valence-corrected chi connectivity index (χ0v) is 71.3. The van der Waals surface area contributed by atoms with E-state index < -0.39 is 11.7 Å². The minimum Gasteiger partial charge on any atom is -0.508 e. The number of rotatable bonds is 12. The third-order valence-electron chi connectivity index (χ3n) is 23.9. The predicted molar refractivity (Wildman–Crippen MR) is 469 cm³/mol. The van der Waals surface area contributed by atoms with Gasteiger partial charge in [0.2, 0.25) is 5.96 Å². The summed E-state index contributed by atoms with van der Waals surface area (Å²) in [5.74, 6) is 4.61. The Morgan fingerprint density at radius 3 is 1.01 bits per heavy atom. The second-order valence-electron chi connectivity index (χ2n) is 34.7. The molecule has 9 aliphatic carbocycles. The average Bonchev–Trinajstić information content (AvgIpc) is 0.844. The van der Waals surface area contributed by atoms with Crippen LogP contribution in [0.2, 0.25) is 0 Å². The van der Waals surface area contributed by atoms with Crippen LogP contribution >= 0.6 is 15.9 Å². The Bertz CT molecular complexity index is 3150. The molecular weight excluding hydrogens is 1480 g/mol. The monoisotopic (exact) mass is 1620 g/mol. The first-order valence-corrected chi connectivity index (χ1v) is 46.1. The molecule has 113 heavy (non-hydrogen) atoms. The van der Waals surface area contributed by atoms with Crippen LogP contribution in [0.4, 0.5) is 16.2 Å². The summed E-state index contributed by atoms with van der Waals surface area (Å²) in [6, 6.07) is 29.0. The molecule has 3 aromatic carbocycles. The van der Waals surface area contributed by atoms with Crippen LogP contribution in [0, 0.1) is 0 Å². The summed E-state index contributed by atoms with van der Waals surface area (Å²) in [6.45, 7) is 12.8. The number of hydrogen-bond acceptors (Lipinski definition) is 11. The molecule has 22 heteroatoms. The molecule has 2 heterocycles. The molecule has 9 saturated carbocycles. The third kappa shape index (κ3) is 35.4. The van der Waals surface area contributed by atoms with Crippen LogP contribution in [-0.2, 0) is 14.2 Å². The Kier molecular flexibility index (Phi) is 39.8. The number of amides is 2. The largest absolute Gasteiger partial charge is 0.508 e. The number of ether oxygens (including phenoxy) is 3. The van der Waals surface area contributed by atoms with Gasteiger partial charge in [0, 0.05) is 71.8 Å². The number of phenolic OH excluding ortho intramolecular Hbond substituents is 1. The lowest BCUT2D eigenvalue weighted by Gasteiger charge is -2.39. The van der Waals surface area contributed by atoms with E-state index in [1.165, 1.54) is 256 Å². The number of halogens is 1. The predicted octanol–water partition coefficient (Wildman–Crippen LogP) is 19.4. The molecule has 0 atom stereocenters. The van der Waals surface area contributed by atoms with E-state index in [4.69, 9.17) is 39.2 Å². The second kappa shape index (κ2) is 50.7. The summed E-state index contributed by atoms with van der Waals surface area (Å²) < 4.78 is 17.5. The zero-order chi connectivity index (χ0) is 78.8. The van der Waals surface area contributed by atoms with Crippen molar-refractivity contribution in [3.63, 3.8) is 0 Å². The number of aliphatic imine (C=N–C) groups is 5. The Morgan fingerprint density at radius 2 is 0.673 bits per heavy atom. The lowest BCUT2D eigenvalue weighted by atomic mass is 9.95. The summed E-state index contributed by atoms with van der Waals surface area (Å²) >= 11 is 3.50. The minimum absolute atomic E-state index is 0.0755. The number of alkyl carbamates (subject to hydrolysis) is 1. The van der Waals surface area contributed by atoms with Crippen LogP contribution in [0.25, 0.3) is 0 Å². The maximum absolute atomic E-state index is 12.5. The van der Waals surface area contributed by atoms with E-state index in [0.717, 1.165) is 119 Å². The van der Waals surface area contributed by atoms with Crippen LogP contribution in [0.5, 0.6) is 5.75 Å². The first-order chi connectivity index (χ1) is 55.2. The van der Waals surface area contributed by atoms with Gasteiger partial charge >= 0.3 is 6.09 Å². The fourth-order valence-electron chi connectivity index (χ4n) is 17.5. The van der Waals surface area contributed by atoms with E-state index in [1.54, 1.807) is 12.1 Å². The molecule has 11 fully saturated rings. The van der Waals surface area contributed by atoms with Crippen molar-refractivity contribution < 1.29 is 28.9 Å². The Labute approximate surface area is 688 Å². The maximum Gasteiger partial charge on any atom is 0.414 e. The molecule has 14 rings (SSSR count). The van der Waals surface area contributed by atoms with E-state index in [9.17, 15) is 14.7 Å². The number of nitrogens with one attached hydrogen (secondary N) is 8. The van der Waals surface area contributed by atoms with Crippen molar-refractivity contribution >= 4 is 69.1 Å². The van der Waals surface area contributed by atoms with Gasteiger partial charge in [0.05, 0.1) is 56.6 Å². The van der Waals surface area contributed by atoms with Crippen molar-refractivity contribution in [2.45, 2.75) is 370 Å². The number of phenols is 1. The number of morpholine rings is 2. The number of anilines is 2. The van der Waals surface area contributed by atoms with E-state index in [1.807, 2.05) is 63.2 Å². The van der Waals surface area contributed by atoms with Gasteiger partial charge in [-0.1, -0.05) is 207 Å². The number of guanidine groups is 5. The van der Waals surface area contributed by atoms with Crippen molar-refractivity contribution in [3.8, 4) is 5.75 Å². The highest BCUT2D eigenvalue weighted by Crippen LogP contribution is 2.29. The number of carbonyl (C=O) groups is 2. The third-order valence-corrected chi connectivity index (χ3v) is 24.4. The van der Waals surface area contributed by atoms with Gasteiger partial charge < -0.3 is 61.0 Å². The smallest absolute Gasteiger partial charge is 0.414 e. The van der Waals surface area contributed by atoms with Gasteiger partial charge in [-0.05, 0) is 197 Å². The van der Waals surface area contributed by atoms with E-state index in [0.29, 0.717) is 77.6 Å². The van der Waals surface area contributed by atoms with Gasteiger partial charge in [0.25, 0.3) is 5.91 Å². The van der Waals surface area contributed by atoms with Crippen molar-refractivity contribution in [1.82, 2.24) is 41.7 Å². The molecule has 628 valence electrons. The molecule has 9 N–H and O–H groups in total. The highest BCUT2D eigenvalue weighted by molar-refractivity contribution is 9.10. The number of nitrogens with zero attached hydrogens (tertiary/aromatic N) is 7. The van der Waals surface area contributed by atoms with E-state index in [-0.39, 0.29) is 5.91 Å². The van der Waals surface area contributed by atoms with Crippen LogP contribution in [0.3, 0.4) is 0 Å². The molecule has 2 saturated heterocycles. The maximum atomic E-state index is 12.5. The minimum atomic E-state index is -0.495. The fraction of sp³-hybridized carbons (Fsp3) is 0.725. The van der Waals surface area contributed by atoms with Gasteiger partial charge in [0.15, 0.2) is 23.8 Å². The Balaban J connectivity index is 0.000000150. The quantitative estimate of drug-likeness (QED) is 0.0465. The molecule has 0 unspecified atom stereocenters. The fourth-order valence-corrected chi connectivity index (χ4v) is 17.8. The van der Waals surface area contributed by atoms with Gasteiger partial charge in [-0.15, -0.1) is 0 Å². The first-order valence-electron chi connectivity index (χ1n) is 45.3. The molecule has 2 amide bonds. The van der Waals surface area contributed by atoms with E-state index >= 15 is 0 Å². The Morgan fingerprint density at radius 1 is 0.381 bits per heavy atom. The Hall–Kier alpha value is -6.65. The van der Waals surface area contributed by atoms with Crippen molar-refractivity contribution in [3.05, 3.63) is 88.9 Å². The summed E-state index contributed by atoms with van der Waals surface area (Å²) in [5.41, 5.74) is 2.26. The number of benzene rings is 3. The lowest BCUT2D eigenvalue weighted by Crippen LogP contribution is -2.52. The van der Waals surface area contributed by atoms with Crippen molar-refractivity contribution in [2.24, 2.45) is 25.0 Å². The van der Waals surface area contributed by atoms with Crippen molar-refractivity contribution in [2.75, 3.05) is 63.2 Å². The van der Waals surface area contributed by atoms with Gasteiger partial charge in [-0.2, -0.15) is 0 Å². The zero-order valence-electron chi connectivity index (χ0n) is 69.7. The van der Waals surface area contributed by atoms with Gasteiger partial charge in [-0.3, -0.25) is 15.4 Å². The first kappa shape index (κ1) is 88.7. The molecule has 21 nitrogen and oxygen atoms in total. The van der Waals surface area contributed by atoms with E-state index in [2.05, 4.69) is 92.5 Å². The summed E-state index contributed by atoms with van der Waals surface area (Å²) in [7, 11) is 0. The normalized spacial score (nSPS) is 21.9. The molecule has 0 bridgehead atoms. The summed E-state index contributed by atoms with van der Waals surface area (Å²) in [4.78, 5) is 54.3. The molecular formula is C91H146BrN15O6. The summed E-state index contributed by atoms with van der Waals surface area (Å²) in [5, 5.41) is 36.6. The number of carbonyl (C=O) groups excluding carboxylic acids is 2. The highest BCUT2D eigenvalue weighted by atomic mass is 79.9. The molecule has 0 aromatic heterocycles. The average molecular weight is 1630 g/mol. The molecule has 11 aliphatic rings. The van der Waals surface area contributed by atoms with Crippen molar-refractivity contribution in [1.29, 1.82) is 0 Å². The standard InChI is InChI=1S/C20H29N3O.C19H28BrN3.C19H29N3O.C18H33N3O2.C15H27N3O2/c24-19(16-10-4-1-5-11-16)23-20(21-17-12-6-2-7-13-17)22-18-14-8-3-9-15-18;20-15-11-13-18(14-12-15)23-19(21-16-7-3-1-4-8-16)22-17-9-5-2-6-10-17;23-18-13-11-17(12-14-18)22-19(20-15-7-3-1-4-8-15)21-16-9-5-2-6-10-16;1-18(2,3)23-17(22)21-16(19-14-10-6-4-7-11-14)20-15-12-8-5-9-13-15;1-2-4-14(5-3-1)16-15(17-6-10-19-11-7-17)18-8-12-20-13-9-18/h1,4-5,10-11,17-18H,2-3,6-9,12-15H2,(H2,21,22,23,24);11-14,16-17H,1-10H2,(H2,21,22,23);11-16,23H,1-10H2,(H2,20,21,22);14-15H,4-13H2,1-3H3,(H2,19,20,21,22);14H,1-13H2. The van der Waals surface area contributed by atoms with Crippen LogP contribution < -0.4 is 42.5 Å². The molecule has 3 aromatic rings. The van der Waals surface area contributed by atoms with Gasteiger partial charge in [0.1, 0.15) is 11.4 Å². The number of aromatic hydroxyl groups is 1. The topological polar surface area (TPSA) is 247 Å². The number of hydrogen-bond donors (Lipinski definition) is 9. The second-order valence-corrected chi connectivity index (χ2v) is 35.6. The molecule has 0 radical (unpaired) electrons. The highest BCUT2D eigenvalue weighted by Gasteiger charge is 2.28. The SMILES string of the molecule is Brc1ccc(NC(=NC2CCCCC2)NC2CCCCC2)cc1.C1CCC(N=C(N2CCOCC2)N2CCOCC2)CC1.CC(C)(C)OC(=O)NC(=NC1CCCCC1)NC1CCCCC1.O=C(NC(=NC1CCCCC1)NC1CCCCC1)c1ccccc1.Oc1ccc(NC(=NC2CCCCC2)NC2CCCCC2)cc1. The van der Waals surface area contributed by atoms with Crippen LogP contribution in [-0.4, -0.2) is 169 Å². The van der Waals surface area contributed by atoms with Crippen LogP contribution in [0.1, 0.15) is 320 Å². The van der Waals surface area contributed by atoms with Crippen LogP contribution in [0.15, 0.2) is 108 Å². The molecule has 2 aliphatic heterocycles. The lowest BCUT2D eigenvalue weighted by molar-refractivity contribution is 0.0415. The molecule has 0 spiro atoms. The van der Waals surface area contributed by atoms with Gasteiger partial charge in [-0.25, -0.2) is 29.8 Å². The summed E-state index contributed by atoms with van der Waals surface area (Å²) in [6.07, 6.45) is 56.5.